The summed E-state index contributed by atoms with van der Waals surface area (Å²) in [5.41, 5.74) is 0. The SMILES string of the molecule is CCCCCCCCCCS(=O)(=O)NC(NS(=O)(=O)CCCC)(C(CCCC)NS(C)(=O)=O)S(N)(=O)=O. The number of primary sulfonamides is 1. The Kier molecular flexibility index (Phi) is 16.5. The van der Waals surface area contributed by atoms with Gasteiger partial charge in [0.25, 0.3) is 0 Å². The summed E-state index contributed by atoms with van der Waals surface area (Å²) in [4.78, 5) is -3.04. The van der Waals surface area contributed by atoms with E-state index in [4.69, 9.17) is 5.14 Å². The molecule has 0 aliphatic rings. The molecule has 0 aliphatic heterocycles. The van der Waals surface area contributed by atoms with E-state index in [0.29, 0.717) is 19.3 Å². The van der Waals surface area contributed by atoms with Crippen LogP contribution in [0.15, 0.2) is 0 Å². The zero-order valence-corrected chi connectivity index (χ0v) is 25.9. The van der Waals surface area contributed by atoms with Crippen molar-refractivity contribution in [2.75, 3.05) is 17.8 Å². The highest BCUT2D eigenvalue weighted by atomic mass is 32.2. The topological polar surface area (TPSA) is 199 Å². The number of unbranched alkanes of at least 4 members (excludes halogenated alkanes) is 9. The minimum atomic E-state index is -5.08. The highest BCUT2D eigenvalue weighted by Crippen LogP contribution is 2.23. The van der Waals surface area contributed by atoms with Crippen LogP contribution in [0.25, 0.3) is 0 Å². The normalized spacial score (nSPS) is 15.9. The number of nitrogens with two attached hydrogens (primary N) is 1. The van der Waals surface area contributed by atoms with Crippen LogP contribution in [0.5, 0.6) is 0 Å². The van der Waals surface area contributed by atoms with Crippen molar-refractivity contribution in [2.24, 2.45) is 5.14 Å². The minimum absolute atomic E-state index is 0.167. The van der Waals surface area contributed by atoms with Crippen molar-refractivity contribution >= 4 is 40.1 Å². The van der Waals surface area contributed by atoms with Gasteiger partial charge in [0.15, 0.2) is 0 Å². The summed E-state index contributed by atoms with van der Waals surface area (Å²) in [6.45, 7) is 5.60. The van der Waals surface area contributed by atoms with Gasteiger partial charge < -0.3 is 0 Å². The molecular formula is C21H48N4O8S4. The smallest absolute Gasteiger partial charge is 0.226 e. The molecule has 0 saturated heterocycles. The van der Waals surface area contributed by atoms with E-state index in [0.717, 1.165) is 44.8 Å². The summed E-state index contributed by atoms with van der Waals surface area (Å²) < 4.78 is 108. The lowest BCUT2D eigenvalue weighted by Crippen LogP contribution is -2.76. The van der Waals surface area contributed by atoms with Crippen molar-refractivity contribution in [1.82, 2.24) is 14.2 Å². The third kappa shape index (κ3) is 15.1. The molecular weight excluding hydrogens is 565 g/mol. The van der Waals surface area contributed by atoms with Crippen molar-refractivity contribution in [2.45, 2.75) is 115 Å². The van der Waals surface area contributed by atoms with Crippen LogP contribution in [-0.2, 0) is 40.1 Å². The molecule has 0 spiro atoms. The Hall–Kier alpha value is -0.360. The summed E-state index contributed by atoms with van der Waals surface area (Å²) in [5, 5.41) is 5.47. The zero-order chi connectivity index (χ0) is 28.8. The summed E-state index contributed by atoms with van der Waals surface area (Å²) in [5.74, 6) is -0.977. The van der Waals surface area contributed by atoms with E-state index in [1.165, 1.54) is 0 Å². The molecule has 0 rings (SSSR count). The van der Waals surface area contributed by atoms with Crippen LogP contribution in [0, 0.1) is 0 Å². The Morgan fingerprint density at radius 3 is 1.43 bits per heavy atom. The molecule has 0 aromatic rings. The molecule has 0 bridgehead atoms. The van der Waals surface area contributed by atoms with E-state index in [9.17, 15) is 33.7 Å². The lowest BCUT2D eigenvalue weighted by molar-refractivity contribution is 0.341. The number of rotatable bonds is 23. The van der Waals surface area contributed by atoms with Gasteiger partial charge in [-0.1, -0.05) is 85.0 Å². The van der Waals surface area contributed by atoms with Crippen LogP contribution in [0.2, 0.25) is 0 Å². The Labute approximate surface area is 225 Å². The first-order chi connectivity index (χ1) is 17.0. The lowest BCUT2D eigenvalue weighted by atomic mass is 10.1. The molecule has 224 valence electrons. The Bertz CT molecular complexity index is 1080. The maximum Gasteiger partial charge on any atom is 0.245 e. The highest BCUT2D eigenvalue weighted by molar-refractivity contribution is 7.95. The molecule has 37 heavy (non-hydrogen) atoms. The largest absolute Gasteiger partial charge is 0.245 e. The van der Waals surface area contributed by atoms with Crippen molar-refractivity contribution in [3.8, 4) is 0 Å². The van der Waals surface area contributed by atoms with Crippen molar-refractivity contribution < 1.29 is 33.7 Å². The fraction of sp³-hybridized carbons (Fsp3) is 1.00. The molecule has 0 fully saturated rings. The summed E-state index contributed by atoms with van der Waals surface area (Å²) >= 11 is 0. The standard InChI is InChI=1S/C21H48N4O8S4/c1-5-8-11-12-13-14-15-16-19-36(30,31)25-21(37(22,32)33,24-35(28,29)18-10-7-3)20(17-9-6-2)23-34(4,26)27/h20,23-25H,5-19H2,1-4H3,(H2,22,32,33). The fourth-order valence-electron chi connectivity index (χ4n) is 3.81. The van der Waals surface area contributed by atoms with Gasteiger partial charge in [-0.15, -0.1) is 0 Å². The van der Waals surface area contributed by atoms with E-state index in [2.05, 4.69) is 11.6 Å². The minimum Gasteiger partial charge on any atom is -0.226 e. The molecule has 0 saturated carbocycles. The molecule has 0 amide bonds. The lowest BCUT2D eigenvalue weighted by Gasteiger charge is -2.39. The van der Waals surface area contributed by atoms with Gasteiger partial charge in [-0.25, -0.2) is 43.5 Å². The van der Waals surface area contributed by atoms with Gasteiger partial charge in [0.05, 0.1) is 23.8 Å². The molecule has 12 nitrogen and oxygen atoms in total. The molecule has 0 aromatic heterocycles. The van der Waals surface area contributed by atoms with E-state index < -0.39 is 62.6 Å². The predicted octanol–water partition coefficient (Wildman–Crippen LogP) is 1.82. The van der Waals surface area contributed by atoms with Gasteiger partial charge in [-0.05, 0) is 19.3 Å². The van der Waals surface area contributed by atoms with E-state index in [1.54, 1.807) is 13.8 Å². The first kappa shape index (κ1) is 36.6. The Morgan fingerprint density at radius 1 is 0.622 bits per heavy atom. The Morgan fingerprint density at radius 2 is 1.03 bits per heavy atom. The highest BCUT2D eigenvalue weighted by Gasteiger charge is 2.54. The third-order valence-corrected chi connectivity index (χ3v) is 11.1. The van der Waals surface area contributed by atoms with Crippen molar-refractivity contribution in [1.29, 1.82) is 0 Å². The van der Waals surface area contributed by atoms with E-state index in [1.807, 2.05) is 9.44 Å². The maximum atomic E-state index is 13.1. The average molecular weight is 613 g/mol. The van der Waals surface area contributed by atoms with Gasteiger partial charge in [0.2, 0.25) is 45.1 Å². The molecule has 0 aliphatic carbocycles. The predicted molar refractivity (Wildman–Crippen MR) is 148 cm³/mol. The monoisotopic (exact) mass is 612 g/mol. The first-order valence-electron chi connectivity index (χ1n) is 13.0. The van der Waals surface area contributed by atoms with Gasteiger partial charge in [-0.2, -0.15) is 9.44 Å². The van der Waals surface area contributed by atoms with Crippen LogP contribution in [0.4, 0.5) is 0 Å². The average Bonchev–Trinajstić information content (AvgIpc) is 2.74. The van der Waals surface area contributed by atoms with Crippen molar-refractivity contribution in [3.63, 3.8) is 0 Å². The fourth-order valence-corrected chi connectivity index (χ4v) is 9.80. The second-order valence-corrected chi connectivity index (χ2v) is 16.7. The van der Waals surface area contributed by atoms with Gasteiger partial charge in [-0.3, -0.25) is 0 Å². The van der Waals surface area contributed by atoms with E-state index >= 15 is 0 Å². The first-order valence-corrected chi connectivity index (χ1v) is 19.7. The molecule has 0 radical (unpaired) electrons. The van der Waals surface area contributed by atoms with Gasteiger partial charge >= 0.3 is 0 Å². The summed E-state index contributed by atoms with van der Waals surface area (Å²) in [6.07, 6.45) is 8.92. The molecule has 2 unspecified atom stereocenters. The molecule has 0 aromatic carbocycles. The molecule has 5 N–H and O–H groups in total. The molecule has 16 heteroatoms. The quantitative estimate of drug-likeness (QED) is 0.0989. The summed E-state index contributed by atoms with van der Waals surface area (Å²) in [7, 11) is -18.0. The maximum absolute atomic E-state index is 13.1. The van der Waals surface area contributed by atoms with E-state index in [-0.39, 0.29) is 25.7 Å². The molecule has 0 heterocycles. The molecule has 2 atom stereocenters. The number of sulfonamides is 4. The summed E-state index contributed by atoms with van der Waals surface area (Å²) in [6, 6.07) is -1.73. The van der Waals surface area contributed by atoms with Crippen LogP contribution >= 0.6 is 0 Å². The van der Waals surface area contributed by atoms with Crippen molar-refractivity contribution in [3.05, 3.63) is 0 Å². The van der Waals surface area contributed by atoms with Gasteiger partial charge in [0, 0.05) is 0 Å². The second kappa shape index (κ2) is 16.7. The Balaban J connectivity index is 6.19. The number of hydrogen-bond acceptors (Lipinski definition) is 8. The number of hydrogen-bond donors (Lipinski definition) is 4. The van der Waals surface area contributed by atoms with Crippen LogP contribution in [0.3, 0.4) is 0 Å². The van der Waals surface area contributed by atoms with Crippen LogP contribution in [0.1, 0.15) is 104 Å². The van der Waals surface area contributed by atoms with Crippen LogP contribution < -0.4 is 19.3 Å². The second-order valence-electron chi connectivity index (χ2n) is 9.54. The third-order valence-electron chi connectivity index (χ3n) is 5.79. The van der Waals surface area contributed by atoms with Crippen LogP contribution in [-0.4, -0.2) is 62.5 Å². The van der Waals surface area contributed by atoms with Gasteiger partial charge in [0.1, 0.15) is 0 Å². The number of nitrogens with one attached hydrogen (secondary N) is 3. The zero-order valence-electron chi connectivity index (χ0n) is 22.7.